The molecule has 138 valence electrons. The van der Waals surface area contributed by atoms with E-state index in [1.165, 1.54) is 32.4 Å². The van der Waals surface area contributed by atoms with Gasteiger partial charge in [0.15, 0.2) is 0 Å². The minimum atomic E-state index is -0.398. The van der Waals surface area contributed by atoms with Gasteiger partial charge in [0, 0.05) is 19.6 Å². The molecule has 0 aromatic rings. The fourth-order valence-electron chi connectivity index (χ4n) is 3.79. The number of piperidine rings is 2. The number of likely N-dealkylation sites (tertiary alicyclic amines) is 2. The molecular weight excluding hydrogens is 304 g/mol. The number of nitrogens with zero attached hydrogens (tertiary/aromatic N) is 2. The van der Waals surface area contributed by atoms with E-state index in [2.05, 4.69) is 27.4 Å². The number of nitrogens with one attached hydrogen (secondary N) is 2. The Morgan fingerprint density at radius 3 is 2.54 bits per heavy atom. The van der Waals surface area contributed by atoms with Crippen LogP contribution in [0.1, 0.15) is 46.5 Å². The van der Waals surface area contributed by atoms with Gasteiger partial charge in [-0.1, -0.05) is 6.92 Å². The van der Waals surface area contributed by atoms with Crippen molar-refractivity contribution in [1.29, 1.82) is 0 Å². The normalized spacial score (nSPS) is 25.2. The highest BCUT2D eigenvalue weighted by atomic mass is 16.2. The van der Waals surface area contributed by atoms with Gasteiger partial charge in [0.25, 0.3) is 0 Å². The molecule has 0 spiro atoms. The van der Waals surface area contributed by atoms with Gasteiger partial charge in [-0.3, -0.25) is 15.0 Å². The summed E-state index contributed by atoms with van der Waals surface area (Å²) in [5, 5.41) is 5.04. The molecule has 6 nitrogen and oxygen atoms in total. The predicted octanol–water partition coefficient (Wildman–Crippen LogP) is 1.66. The number of rotatable bonds is 5. The van der Waals surface area contributed by atoms with Crippen LogP contribution in [0.3, 0.4) is 0 Å². The second-order valence-corrected chi connectivity index (χ2v) is 7.51. The average Bonchev–Trinajstić information content (AvgIpc) is 2.56. The van der Waals surface area contributed by atoms with Crippen molar-refractivity contribution in [2.24, 2.45) is 11.8 Å². The molecule has 2 saturated heterocycles. The molecular formula is C18H34N4O2. The Morgan fingerprint density at radius 1 is 1.17 bits per heavy atom. The number of hydrogen-bond acceptors (Lipinski definition) is 4. The fraction of sp³-hybridized carbons (Fsp3) is 0.889. The molecule has 0 aromatic carbocycles. The molecule has 2 rings (SSSR count). The van der Waals surface area contributed by atoms with Crippen molar-refractivity contribution in [3.05, 3.63) is 0 Å². The van der Waals surface area contributed by atoms with Gasteiger partial charge in [0.05, 0.1) is 6.04 Å². The van der Waals surface area contributed by atoms with Crippen molar-refractivity contribution in [3.63, 3.8) is 0 Å². The lowest BCUT2D eigenvalue weighted by molar-refractivity contribution is -0.125. The van der Waals surface area contributed by atoms with Gasteiger partial charge in [-0.05, 0) is 71.0 Å². The molecule has 2 N–H and O–H groups in total. The van der Waals surface area contributed by atoms with E-state index in [4.69, 9.17) is 0 Å². The minimum Gasteiger partial charge on any atom is -0.338 e. The summed E-state index contributed by atoms with van der Waals surface area (Å²) in [4.78, 5) is 28.6. The van der Waals surface area contributed by atoms with Crippen LogP contribution in [0.25, 0.3) is 0 Å². The first-order chi connectivity index (χ1) is 11.5. The highest BCUT2D eigenvalue weighted by Crippen LogP contribution is 2.22. The number of carbonyl (C=O) groups is 2. The maximum Gasteiger partial charge on any atom is 0.321 e. The van der Waals surface area contributed by atoms with Gasteiger partial charge < -0.3 is 10.2 Å². The molecule has 2 fully saturated rings. The van der Waals surface area contributed by atoms with Gasteiger partial charge in [-0.15, -0.1) is 0 Å². The summed E-state index contributed by atoms with van der Waals surface area (Å²) < 4.78 is 0. The summed E-state index contributed by atoms with van der Waals surface area (Å²) in [5.41, 5.74) is 0. The number of amides is 3. The Bertz CT molecular complexity index is 421. The third-order valence-electron chi connectivity index (χ3n) is 5.44. The van der Waals surface area contributed by atoms with Gasteiger partial charge >= 0.3 is 6.03 Å². The van der Waals surface area contributed by atoms with E-state index in [1.54, 1.807) is 0 Å². The van der Waals surface area contributed by atoms with Gasteiger partial charge in [0.2, 0.25) is 5.91 Å². The molecule has 0 saturated carbocycles. The van der Waals surface area contributed by atoms with E-state index in [1.807, 2.05) is 13.8 Å². The second-order valence-electron chi connectivity index (χ2n) is 7.51. The molecule has 0 aromatic heterocycles. The van der Waals surface area contributed by atoms with E-state index in [0.717, 1.165) is 32.0 Å². The minimum absolute atomic E-state index is 0.201. The zero-order valence-corrected chi connectivity index (χ0v) is 15.5. The van der Waals surface area contributed by atoms with Crippen LogP contribution in [0.15, 0.2) is 0 Å². The summed E-state index contributed by atoms with van der Waals surface area (Å²) in [6.07, 6.45) is 4.99. The molecule has 3 amide bonds. The number of hydrogen-bond donors (Lipinski definition) is 2. The standard InChI is InChI=1S/C18H34N4O2/c1-4-19-18(24)20-17(23)15(3)22-9-5-6-16(13-22)12-21-10-7-14(2)8-11-21/h14-16H,4-13H2,1-3H3,(H2,19,20,23,24)/t15-,16-/m1/s1. The van der Waals surface area contributed by atoms with Crippen LogP contribution in [0.4, 0.5) is 4.79 Å². The first kappa shape index (κ1) is 19.2. The van der Waals surface area contributed by atoms with Crippen LogP contribution in [-0.2, 0) is 4.79 Å². The Kier molecular flexibility index (Phi) is 7.49. The van der Waals surface area contributed by atoms with Crippen LogP contribution < -0.4 is 10.6 Å². The predicted molar refractivity (Wildman–Crippen MR) is 95.8 cm³/mol. The van der Waals surface area contributed by atoms with Crippen LogP contribution in [-0.4, -0.2) is 67.0 Å². The molecule has 2 heterocycles. The second kappa shape index (κ2) is 9.37. The number of imide groups is 1. The maximum absolute atomic E-state index is 12.2. The van der Waals surface area contributed by atoms with E-state index in [9.17, 15) is 9.59 Å². The summed E-state index contributed by atoms with van der Waals surface area (Å²) in [6, 6.07) is -0.651. The summed E-state index contributed by atoms with van der Waals surface area (Å²) in [5.74, 6) is 1.29. The lowest BCUT2D eigenvalue weighted by atomic mass is 9.93. The van der Waals surface area contributed by atoms with Crippen LogP contribution in [0, 0.1) is 11.8 Å². The summed E-state index contributed by atoms with van der Waals surface area (Å²) in [6.45, 7) is 12.1. The van der Waals surface area contributed by atoms with Crippen molar-refractivity contribution in [2.45, 2.75) is 52.5 Å². The van der Waals surface area contributed by atoms with E-state index >= 15 is 0 Å². The molecule has 2 aliphatic heterocycles. The van der Waals surface area contributed by atoms with Gasteiger partial charge in [0.1, 0.15) is 0 Å². The van der Waals surface area contributed by atoms with Crippen molar-refractivity contribution < 1.29 is 9.59 Å². The van der Waals surface area contributed by atoms with Crippen molar-refractivity contribution in [3.8, 4) is 0 Å². The largest absolute Gasteiger partial charge is 0.338 e. The monoisotopic (exact) mass is 338 g/mol. The van der Waals surface area contributed by atoms with Crippen LogP contribution >= 0.6 is 0 Å². The molecule has 0 unspecified atom stereocenters. The molecule has 0 aliphatic carbocycles. The Labute approximate surface area is 146 Å². The van der Waals surface area contributed by atoms with E-state index < -0.39 is 6.03 Å². The van der Waals surface area contributed by atoms with Crippen molar-refractivity contribution in [1.82, 2.24) is 20.4 Å². The van der Waals surface area contributed by atoms with E-state index in [-0.39, 0.29) is 11.9 Å². The Morgan fingerprint density at radius 2 is 1.88 bits per heavy atom. The topological polar surface area (TPSA) is 64.7 Å². The maximum atomic E-state index is 12.2. The SMILES string of the molecule is CCNC(=O)NC(=O)[C@@H](C)N1CCC[C@H](CN2CCC(C)CC2)C1. The van der Waals surface area contributed by atoms with Crippen molar-refractivity contribution >= 4 is 11.9 Å². The molecule has 2 atom stereocenters. The van der Waals surface area contributed by atoms with E-state index in [0.29, 0.717) is 12.5 Å². The number of urea groups is 1. The first-order valence-electron chi connectivity index (χ1n) is 9.54. The highest BCUT2D eigenvalue weighted by Gasteiger charge is 2.29. The third kappa shape index (κ3) is 5.74. The molecule has 2 aliphatic rings. The van der Waals surface area contributed by atoms with Gasteiger partial charge in [-0.25, -0.2) is 4.79 Å². The Balaban J connectivity index is 1.79. The molecule has 24 heavy (non-hydrogen) atoms. The quantitative estimate of drug-likeness (QED) is 0.800. The highest BCUT2D eigenvalue weighted by molar-refractivity contribution is 5.96. The summed E-state index contributed by atoms with van der Waals surface area (Å²) >= 11 is 0. The summed E-state index contributed by atoms with van der Waals surface area (Å²) in [7, 11) is 0. The van der Waals surface area contributed by atoms with Crippen LogP contribution in [0.5, 0.6) is 0 Å². The fourth-order valence-corrected chi connectivity index (χ4v) is 3.79. The smallest absolute Gasteiger partial charge is 0.321 e. The zero-order chi connectivity index (χ0) is 17.5. The molecule has 6 heteroatoms. The van der Waals surface area contributed by atoms with Crippen molar-refractivity contribution in [2.75, 3.05) is 39.3 Å². The number of carbonyl (C=O) groups excluding carboxylic acids is 2. The average molecular weight is 338 g/mol. The lowest BCUT2D eigenvalue weighted by Gasteiger charge is -2.39. The van der Waals surface area contributed by atoms with Crippen LogP contribution in [0.2, 0.25) is 0 Å². The first-order valence-corrected chi connectivity index (χ1v) is 9.54. The third-order valence-corrected chi connectivity index (χ3v) is 5.44. The molecule has 0 bridgehead atoms. The molecule has 0 radical (unpaired) electrons. The lowest BCUT2D eigenvalue weighted by Crippen LogP contribution is -2.53. The zero-order valence-electron chi connectivity index (χ0n) is 15.5. The van der Waals surface area contributed by atoms with Gasteiger partial charge in [-0.2, -0.15) is 0 Å². The Hall–Kier alpha value is -1.14.